The zero-order valence-corrected chi connectivity index (χ0v) is 21.4. The normalized spacial score (nSPS) is 15.3. The van der Waals surface area contributed by atoms with E-state index in [2.05, 4.69) is 10.3 Å². The van der Waals surface area contributed by atoms with Crippen LogP contribution in [0.15, 0.2) is 48.7 Å². The molecule has 196 valence electrons. The second-order valence-corrected chi connectivity index (χ2v) is 9.48. The Morgan fingerprint density at radius 3 is 2.59 bits per heavy atom. The zero-order chi connectivity index (χ0) is 26.6. The average molecular weight is 533 g/mol. The van der Waals surface area contributed by atoms with Gasteiger partial charge in [0.25, 0.3) is 0 Å². The van der Waals surface area contributed by atoms with Crippen LogP contribution in [0.3, 0.4) is 0 Å². The van der Waals surface area contributed by atoms with E-state index in [9.17, 15) is 18.0 Å². The van der Waals surface area contributed by atoms with Crippen molar-refractivity contribution in [3.8, 4) is 17.1 Å². The maximum Gasteiger partial charge on any atom is 0.418 e. The third kappa shape index (κ3) is 5.72. The summed E-state index contributed by atoms with van der Waals surface area (Å²) in [5.74, 6) is 0.482. The first-order valence-electron chi connectivity index (χ1n) is 12.0. The molecule has 1 amide bonds. The van der Waals surface area contributed by atoms with E-state index in [4.69, 9.17) is 21.3 Å². The minimum atomic E-state index is -4.66. The highest BCUT2D eigenvalue weighted by atomic mass is 35.5. The summed E-state index contributed by atoms with van der Waals surface area (Å²) in [7, 11) is 0. The number of nitrogens with one attached hydrogen (secondary N) is 1. The van der Waals surface area contributed by atoms with Crippen LogP contribution in [0.2, 0.25) is 5.02 Å². The van der Waals surface area contributed by atoms with Crippen molar-refractivity contribution in [3.05, 3.63) is 70.5 Å². The van der Waals surface area contributed by atoms with Gasteiger partial charge in [0.2, 0.25) is 12.3 Å². The molecule has 1 fully saturated rings. The summed E-state index contributed by atoms with van der Waals surface area (Å²) in [5.41, 5.74) is 1.32. The Bertz CT molecular complexity index is 1260. The first-order valence-corrected chi connectivity index (χ1v) is 12.4. The Morgan fingerprint density at radius 2 is 1.95 bits per heavy atom. The quantitative estimate of drug-likeness (QED) is 0.371. The van der Waals surface area contributed by atoms with Crippen LogP contribution in [0.4, 0.5) is 18.9 Å². The summed E-state index contributed by atoms with van der Waals surface area (Å²) >= 11 is 5.87. The van der Waals surface area contributed by atoms with Crippen LogP contribution in [-0.4, -0.2) is 42.6 Å². The number of piperidine rings is 1. The van der Waals surface area contributed by atoms with Crippen LogP contribution in [-0.2, 0) is 16.4 Å². The van der Waals surface area contributed by atoms with E-state index in [1.54, 1.807) is 6.20 Å². The van der Waals surface area contributed by atoms with E-state index < -0.39 is 17.2 Å². The largest absolute Gasteiger partial charge is 0.477 e. The van der Waals surface area contributed by atoms with Crippen molar-refractivity contribution in [3.63, 3.8) is 0 Å². The Hall–Kier alpha value is -3.17. The highest BCUT2D eigenvalue weighted by Gasteiger charge is 2.40. The summed E-state index contributed by atoms with van der Waals surface area (Å²) in [5, 5.41) is 3.27. The van der Waals surface area contributed by atoms with Crippen molar-refractivity contribution in [2.24, 2.45) is 0 Å². The molecule has 37 heavy (non-hydrogen) atoms. The number of carbonyl (C=O) groups is 1. The molecule has 3 aromatic rings. The number of halogens is 4. The molecule has 0 radical (unpaired) electrons. The summed E-state index contributed by atoms with van der Waals surface area (Å²) < 4.78 is 47.2. The fraction of sp³-hybridized carbons (Fsp3) is 0.370. The van der Waals surface area contributed by atoms with Crippen LogP contribution in [0.25, 0.3) is 11.3 Å². The number of hydrogen-bond acceptors (Lipinski definition) is 5. The maximum absolute atomic E-state index is 13.8. The topological polar surface area (TPSA) is 67.3 Å². The van der Waals surface area contributed by atoms with Crippen LogP contribution in [0.1, 0.15) is 36.6 Å². The van der Waals surface area contributed by atoms with Gasteiger partial charge in [0.05, 0.1) is 29.1 Å². The molecule has 1 saturated heterocycles. The minimum absolute atomic E-state index is 0.0454. The predicted molar refractivity (Wildman–Crippen MR) is 137 cm³/mol. The number of rotatable bonds is 8. The number of anilines is 1. The minimum Gasteiger partial charge on any atom is -0.477 e. The fourth-order valence-electron chi connectivity index (χ4n) is 5.02. The van der Waals surface area contributed by atoms with E-state index in [0.717, 1.165) is 27.8 Å². The number of alkyl halides is 3. The molecule has 0 atom stereocenters. The molecule has 0 spiro atoms. The van der Waals surface area contributed by atoms with Crippen molar-refractivity contribution < 1.29 is 22.7 Å². The molecule has 1 aliphatic rings. The van der Waals surface area contributed by atoms with Gasteiger partial charge in [-0.3, -0.25) is 9.78 Å². The van der Waals surface area contributed by atoms with Gasteiger partial charge in [0, 0.05) is 28.9 Å². The Morgan fingerprint density at radius 1 is 1.19 bits per heavy atom. The van der Waals surface area contributed by atoms with Gasteiger partial charge in [-0.2, -0.15) is 13.2 Å². The number of carbonyl (C=O) groups excluding carboxylic acids is 1. The molecule has 6 nitrogen and oxygen atoms in total. The molecule has 3 heterocycles. The van der Waals surface area contributed by atoms with E-state index in [0.29, 0.717) is 50.5 Å². The standard InChI is InChI=1S/C27H28ClF3N4O2/c1-3-37-25-20(5-4-12-33-25)23-8-7-21(18(2)34-23)26(10-13-32-14-11-26)16-35(17-36)24-9-6-19(28)15-22(24)27(29,30)31/h4-9,12,15,17,32H,3,10-11,13-14,16H2,1-2H3. The van der Waals surface area contributed by atoms with Gasteiger partial charge in [-0.05, 0) is 81.7 Å². The number of ether oxygens (including phenoxy) is 1. The van der Waals surface area contributed by atoms with Gasteiger partial charge < -0.3 is 15.0 Å². The van der Waals surface area contributed by atoms with Crippen molar-refractivity contribution >= 4 is 23.7 Å². The van der Waals surface area contributed by atoms with E-state index >= 15 is 0 Å². The summed E-state index contributed by atoms with van der Waals surface area (Å²) in [4.78, 5) is 22.5. The number of pyridine rings is 2. The number of nitrogens with zero attached hydrogens (tertiary/aromatic N) is 3. The Kier molecular flexibility index (Phi) is 8.04. The van der Waals surface area contributed by atoms with Gasteiger partial charge in [-0.25, -0.2) is 4.98 Å². The first-order chi connectivity index (χ1) is 17.7. The van der Waals surface area contributed by atoms with Crippen molar-refractivity contribution in [2.45, 2.75) is 38.3 Å². The van der Waals surface area contributed by atoms with Crippen LogP contribution in [0, 0.1) is 6.92 Å². The summed E-state index contributed by atoms with van der Waals surface area (Å²) in [6.07, 6.45) is -1.29. The van der Waals surface area contributed by atoms with Gasteiger partial charge in [0.15, 0.2) is 0 Å². The third-order valence-corrected chi connectivity index (χ3v) is 6.95. The zero-order valence-electron chi connectivity index (χ0n) is 20.6. The molecule has 0 unspecified atom stereocenters. The van der Waals surface area contributed by atoms with Crippen LogP contribution < -0.4 is 15.0 Å². The number of benzene rings is 1. The third-order valence-electron chi connectivity index (χ3n) is 6.72. The van der Waals surface area contributed by atoms with Gasteiger partial charge in [-0.1, -0.05) is 17.7 Å². The summed E-state index contributed by atoms with van der Waals surface area (Å²) in [6.45, 7) is 5.62. The molecule has 1 aromatic carbocycles. The average Bonchev–Trinajstić information content (AvgIpc) is 2.88. The SMILES string of the molecule is CCOc1ncccc1-c1ccc(C2(CN(C=O)c3ccc(Cl)cc3C(F)(F)F)CCNCC2)c(C)n1. The second-order valence-electron chi connectivity index (χ2n) is 9.04. The molecule has 0 aliphatic carbocycles. The highest BCUT2D eigenvalue weighted by Crippen LogP contribution is 2.42. The molecule has 0 bridgehead atoms. The van der Waals surface area contributed by atoms with E-state index in [-0.39, 0.29) is 17.3 Å². The predicted octanol–water partition coefficient (Wildman–Crippen LogP) is 5.81. The lowest BCUT2D eigenvalue weighted by molar-refractivity contribution is -0.137. The summed E-state index contributed by atoms with van der Waals surface area (Å²) in [6, 6.07) is 11.0. The molecule has 4 rings (SSSR count). The lowest BCUT2D eigenvalue weighted by atomic mass is 9.72. The van der Waals surface area contributed by atoms with E-state index in [1.807, 2.05) is 38.1 Å². The van der Waals surface area contributed by atoms with E-state index in [1.165, 1.54) is 12.1 Å². The van der Waals surface area contributed by atoms with Crippen molar-refractivity contribution in [2.75, 3.05) is 31.1 Å². The van der Waals surface area contributed by atoms with Crippen LogP contribution >= 0.6 is 11.6 Å². The molecule has 2 aromatic heterocycles. The molecule has 0 saturated carbocycles. The Balaban J connectivity index is 1.75. The smallest absolute Gasteiger partial charge is 0.418 e. The van der Waals surface area contributed by atoms with Crippen LogP contribution in [0.5, 0.6) is 5.88 Å². The second kappa shape index (κ2) is 11.1. The molecule has 10 heteroatoms. The van der Waals surface area contributed by atoms with Gasteiger partial charge in [0.1, 0.15) is 0 Å². The Labute approximate surface area is 218 Å². The lowest BCUT2D eigenvalue weighted by Gasteiger charge is -2.42. The van der Waals surface area contributed by atoms with Gasteiger partial charge >= 0.3 is 6.18 Å². The first kappa shape index (κ1) is 26.9. The number of amides is 1. The number of aryl methyl sites for hydroxylation is 1. The van der Waals surface area contributed by atoms with Gasteiger partial charge in [-0.15, -0.1) is 0 Å². The monoisotopic (exact) mass is 532 g/mol. The molecule has 1 aliphatic heterocycles. The van der Waals surface area contributed by atoms with Crippen molar-refractivity contribution in [1.82, 2.24) is 15.3 Å². The number of aromatic nitrogens is 2. The highest BCUT2D eigenvalue weighted by molar-refractivity contribution is 6.30. The van der Waals surface area contributed by atoms with Crippen molar-refractivity contribution in [1.29, 1.82) is 0 Å². The molecular formula is C27H28ClF3N4O2. The number of hydrogen-bond donors (Lipinski definition) is 1. The molecule has 1 N–H and O–H groups in total. The maximum atomic E-state index is 13.8. The molecular weight excluding hydrogens is 505 g/mol. The fourth-order valence-corrected chi connectivity index (χ4v) is 5.19. The lowest BCUT2D eigenvalue weighted by Crippen LogP contribution is -2.48.